The van der Waals surface area contributed by atoms with Crippen LogP contribution in [0.15, 0.2) is 57.2 Å². The standard InChI is InChI=1S/C23H24ClN5O5/c1-4-34-19-10-9-17(12-18(19)24)25-21-26-22(31)29(15(3)11-20(30)27-33)23(32)28(21)13-16-7-5-14(2)6-8-16/h5-10,12,15H,4,11,13H2,1-3H3,(H,25,26,31)/t15-/m0/s1. The van der Waals surface area contributed by atoms with Crippen molar-refractivity contribution in [3.8, 4) is 5.75 Å². The number of aryl methyl sites for hydroxylation is 1. The second kappa shape index (κ2) is 10.9. The summed E-state index contributed by atoms with van der Waals surface area (Å²) in [5.74, 6) is -0.466. The number of amides is 1. The molecule has 3 rings (SSSR count). The van der Waals surface area contributed by atoms with Gasteiger partial charge >= 0.3 is 11.4 Å². The predicted octanol–water partition coefficient (Wildman–Crippen LogP) is 3.80. The molecule has 178 valence electrons. The summed E-state index contributed by atoms with van der Waals surface area (Å²) in [7, 11) is 0. The molecule has 0 bridgehead atoms. The summed E-state index contributed by atoms with van der Waals surface area (Å²) in [5.41, 5.74) is 0.784. The van der Waals surface area contributed by atoms with Gasteiger partial charge in [0.1, 0.15) is 5.75 Å². The lowest BCUT2D eigenvalue weighted by Crippen LogP contribution is -2.44. The van der Waals surface area contributed by atoms with Crippen molar-refractivity contribution in [2.45, 2.75) is 39.8 Å². The zero-order chi connectivity index (χ0) is 24.8. The van der Waals surface area contributed by atoms with Crippen LogP contribution in [0.3, 0.4) is 0 Å². The summed E-state index contributed by atoms with van der Waals surface area (Å²) < 4.78 is 7.56. The molecule has 0 aliphatic carbocycles. The second-order valence-electron chi connectivity index (χ2n) is 7.68. The highest BCUT2D eigenvalue weighted by Crippen LogP contribution is 2.28. The highest BCUT2D eigenvalue weighted by molar-refractivity contribution is 6.32. The number of anilines is 2. The predicted molar refractivity (Wildman–Crippen MR) is 129 cm³/mol. The van der Waals surface area contributed by atoms with E-state index in [2.05, 4.69) is 15.5 Å². The molecule has 1 aromatic heterocycles. The van der Waals surface area contributed by atoms with Crippen LogP contribution in [0.25, 0.3) is 0 Å². The summed E-state index contributed by atoms with van der Waals surface area (Å²) in [6, 6.07) is 11.6. The van der Waals surface area contributed by atoms with Gasteiger partial charge in [-0.15, -0.1) is 4.91 Å². The molecule has 1 heterocycles. The Bertz CT molecular complexity index is 1320. The number of carbonyl (C=O) groups is 1. The molecule has 0 radical (unpaired) electrons. The van der Waals surface area contributed by atoms with Crippen LogP contribution < -0.4 is 21.4 Å². The van der Waals surface area contributed by atoms with E-state index in [9.17, 15) is 19.3 Å². The van der Waals surface area contributed by atoms with E-state index in [1.54, 1.807) is 18.2 Å². The topological polar surface area (TPSA) is 125 Å². The van der Waals surface area contributed by atoms with Gasteiger partial charge in [-0.3, -0.25) is 9.36 Å². The molecule has 0 fully saturated rings. The van der Waals surface area contributed by atoms with Crippen LogP contribution in [0.2, 0.25) is 5.02 Å². The third-order valence-electron chi connectivity index (χ3n) is 5.06. The average molecular weight is 486 g/mol. The molecule has 1 N–H and O–H groups in total. The molecule has 34 heavy (non-hydrogen) atoms. The summed E-state index contributed by atoms with van der Waals surface area (Å²) in [6.45, 7) is 5.81. The number of carbonyl (C=O) groups excluding carboxylic acids is 1. The fourth-order valence-electron chi connectivity index (χ4n) is 3.36. The van der Waals surface area contributed by atoms with Crippen molar-refractivity contribution >= 4 is 29.1 Å². The quantitative estimate of drug-likeness (QED) is 0.457. The van der Waals surface area contributed by atoms with E-state index >= 15 is 0 Å². The van der Waals surface area contributed by atoms with Gasteiger partial charge in [-0.05, 0) is 44.5 Å². The minimum Gasteiger partial charge on any atom is -0.492 e. The molecule has 0 aliphatic heterocycles. The van der Waals surface area contributed by atoms with Crippen molar-refractivity contribution in [3.05, 3.63) is 84.5 Å². The van der Waals surface area contributed by atoms with Gasteiger partial charge in [0.2, 0.25) is 5.95 Å². The Kier molecular flexibility index (Phi) is 7.95. The number of nitrogens with zero attached hydrogens (tertiary/aromatic N) is 4. The van der Waals surface area contributed by atoms with E-state index in [1.807, 2.05) is 38.1 Å². The van der Waals surface area contributed by atoms with Gasteiger partial charge in [0.05, 0.1) is 24.6 Å². The molecule has 0 unspecified atom stereocenters. The van der Waals surface area contributed by atoms with Crippen LogP contribution in [-0.2, 0) is 11.3 Å². The molecule has 2 aromatic carbocycles. The summed E-state index contributed by atoms with van der Waals surface area (Å²) >= 11 is 6.26. The zero-order valence-electron chi connectivity index (χ0n) is 18.9. The largest absolute Gasteiger partial charge is 0.492 e. The average Bonchev–Trinajstić information content (AvgIpc) is 2.79. The highest BCUT2D eigenvalue weighted by atomic mass is 35.5. The first kappa shape index (κ1) is 24.8. The number of hydrogen-bond donors (Lipinski definition) is 1. The maximum absolute atomic E-state index is 13.4. The van der Waals surface area contributed by atoms with E-state index in [1.165, 1.54) is 11.5 Å². The molecule has 3 aromatic rings. The Labute approximate surface area is 200 Å². The van der Waals surface area contributed by atoms with Crippen molar-refractivity contribution < 1.29 is 9.53 Å². The number of aromatic nitrogens is 3. The van der Waals surface area contributed by atoms with Crippen molar-refractivity contribution in [2.75, 3.05) is 11.9 Å². The SMILES string of the molecule is CCOc1ccc(Nc2nc(=O)n([C@@H](C)CC(=O)N=O)c(=O)n2Cc2ccc(C)cc2)cc1Cl. The van der Waals surface area contributed by atoms with Gasteiger partial charge < -0.3 is 10.1 Å². The summed E-state index contributed by atoms with van der Waals surface area (Å²) in [4.78, 5) is 52.2. The Morgan fingerprint density at radius 2 is 1.91 bits per heavy atom. The number of nitrogens with one attached hydrogen (secondary N) is 1. The first-order valence-corrected chi connectivity index (χ1v) is 11.0. The van der Waals surface area contributed by atoms with Crippen molar-refractivity contribution in [3.63, 3.8) is 0 Å². The normalized spacial score (nSPS) is 11.6. The molecule has 11 heteroatoms. The minimum atomic E-state index is -0.963. The highest BCUT2D eigenvalue weighted by Gasteiger charge is 2.20. The second-order valence-corrected chi connectivity index (χ2v) is 8.09. The third kappa shape index (κ3) is 5.76. The van der Waals surface area contributed by atoms with Gasteiger partial charge in [0.15, 0.2) is 0 Å². The first-order chi connectivity index (χ1) is 16.2. The number of halogens is 1. The Morgan fingerprint density at radius 1 is 1.21 bits per heavy atom. The molecule has 0 saturated heterocycles. The maximum Gasteiger partial charge on any atom is 0.355 e. The fraction of sp³-hybridized carbons (Fsp3) is 0.304. The first-order valence-electron chi connectivity index (χ1n) is 10.6. The van der Waals surface area contributed by atoms with Crippen LogP contribution >= 0.6 is 11.6 Å². The number of benzene rings is 2. The van der Waals surface area contributed by atoms with Crippen LogP contribution in [0.1, 0.15) is 37.4 Å². The monoisotopic (exact) mass is 485 g/mol. The number of ether oxygens (including phenoxy) is 1. The number of rotatable bonds is 9. The molecule has 1 amide bonds. The van der Waals surface area contributed by atoms with E-state index in [4.69, 9.17) is 16.3 Å². The van der Waals surface area contributed by atoms with Gasteiger partial charge in [-0.25, -0.2) is 14.2 Å². The lowest BCUT2D eigenvalue weighted by molar-refractivity contribution is -0.118. The van der Waals surface area contributed by atoms with Crippen LogP contribution in [-0.4, -0.2) is 26.6 Å². The molecular weight excluding hydrogens is 462 g/mol. The Hall–Kier alpha value is -3.79. The third-order valence-corrected chi connectivity index (χ3v) is 5.36. The van der Waals surface area contributed by atoms with Crippen molar-refractivity contribution in [1.82, 2.24) is 14.1 Å². The molecule has 0 aliphatic rings. The lowest BCUT2D eigenvalue weighted by atomic mass is 10.1. The van der Waals surface area contributed by atoms with Gasteiger partial charge in [0.25, 0.3) is 5.91 Å². The van der Waals surface area contributed by atoms with Gasteiger partial charge in [-0.2, -0.15) is 4.98 Å². The molecule has 10 nitrogen and oxygen atoms in total. The summed E-state index contributed by atoms with van der Waals surface area (Å²) in [6.07, 6.45) is -0.397. The maximum atomic E-state index is 13.4. The molecular formula is C23H24ClN5O5. The fourth-order valence-corrected chi connectivity index (χ4v) is 3.59. The van der Waals surface area contributed by atoms with Crippen LogP contribution in [0.4, 0.5) is 11.6 Å². The van der Waals surface area contributed by atoms with E-state index < -0.39 is 29.7 Å². The number of nitroso groups, excluding NO2 is 1. The van der Waals surface area contributed by atoms with Gasteiger partial charge in [-0.1, -0.05) is 41.4 Å². The van der Waals surface area contributed by atoms with Gasteiger partial charge in [0, 0.05) is 16.9 Å². The van der Waals surface area contributed by atoms with E-state index in [-0.39, 0.29) is 12.5 Å². The van der Waals surface area contributed by atoms with Crippen molar-refractivity contribution in [2.24, 2.45) is 5.18 Å². The van der Waals surface area contributed by atoms with Crippen LogP contribution in [0.5, 0.6) is 5.75 Å². The molecule has 0 spiro atoms. The van der Waals surface area contributed by atoms with Crippen molar-refractivity contribution in [1.29, 1.82) is 0 Å². The summed E-state index contributed by atoms with van der Waals surface area (Å²) in [5, 5.41) is 5.67. The zero-order valence-corrected chi connectivity index (χ0v) is 19.7. The smallest absolute Gasteiger partial charge is 0.355 e. The van der Waals surface area contributed by atoms with E-state index in [0.717, 1.165) is 15.7 Å². The lowest BCUT2D eigenvalue weighted by Gasteiger charge is -2.18. The van der Waals surface area contributed by atoms with E-state index in [0.29, 0.717) is 23.1 Å². The number of hydrogen-bond acceptors (Lipinski definition) is 7. The minimum absolute atomic E-state index is 0.000842. The Morgan fingerprint density at radius 3 is 2.53 bits per heavy atom. The Balaban J connectivity index is 2.08. The molecule has 1 atom stereocenters. The van der Waals surface area contributed by atoms with Crippen LogP contribution in [0, 0.1) is 11.8 Å². The molecule has 0 saturated carbocycles.